The van der Waals surface area contributed by atoms with Crippen LogP contribution in [-0.4, -0.2) is 63.7 Å². The number of thiophene rings is 1. The molecule has 0 atom stereocenters. The average Bonchev–Trinajstić information content (AvgIpc) is 3.04. The molecular weight excluding hydrogens is 451 g/mol. The molecule has 0 amide bonds. The van der Waals surface area contributed by atoms with Crippen molar-refractivity contribution in [1.29, 1.82) is 0 Å². The third kappa shape index (κ3) is 6.18. The highest BCUT2D eigenvalue weighted by molar-refractivity contribution is 14.0. The molecule has 0 aromatic carbocycles. The molecule has 1 aromatic heterocycles. The summed E-state index contributed by atoms with van der Waals surface area (Å²) in [7, 11) is -1.71. The molecule has 1 aliphatic heterocycles. The van der Waals surface area contributed by atoms with E-state index in [2.05, 4.69) is 19.9 Å². The van der Waals surface area contributed by atoms with Crippen molar-refractivity contribution >= 4 is 51.3 Å². The molecule has 7 nitrogen and oxygen atoms in total. The van der Waals surface area contributed by atoms with Gasteiger partial charge in [0.1, 0.15) is 4.21 Å². The van der Waals surface area contributed by atoms with Gasteiger partial charge in [-0.05, 0) is 24.3 Å². The maximum Gasteiger partial charge on any atom is 0.250 e. The van der Waals surface area contributed by atoms with E-state index in [1.807, 2.05) is 0 Å². The molecule has 0 bridgehead atoms. The van der Waals surface area contributed by atoms with E-state index in [0.29, 0.717) is 10.8 Å². The number of guanidine groups is 1. The predicted octanol–water partition coefficient (Wildman–Crippen LogP) is 0.677. The number of sulfonamides is 1. The van der Waals surface area contributed by atoms with Crippen LogP contribution in [0.5, 0.6) is 0 Å². The molecule has 1 saturated heterocycles. The van der Waals surface area contributed by atoms with Crippen LogP contribution < -0.4 is 10.0 Å². The molecule has 0 radical (unpaired) electrons. The first kappa shape index (κ1) is 20.6. The van der Waals surface area contributed by atoms with Gasteiger partial charge in [-0.2, -0.15) is 0 Å². The highest BCUT2D eigenvalue weighted by Gasteiger charge is 2.19. The van der Waals surface area contributed by atoms with Gasteiger partial charge in [0.2, 0.25) is 10.0 Å². The predicted molar refractivity (Wildman–Crippen MR) is 103 cm³/mol. The van der Waals surface area contributed by atoms with Crippen LogP contribution in [0.3, 0.4) is 0 Å². The SMILES string of the molecule is CN=C(NCCNS(=O)(=O)c1cccs1)N1CCC(O)CC1.I. The van der Waals surface area contributed by atoms with Gasteiger partial charge in [0.25, 0.3) is 0 Å². The summed E-state index contributed by atoms with van der Waals surface area (Å²) in [5, 5.41) is 14.4. The van der Waals surface area contributed by atoms with E-state index in [-0.39, 0.29) is 36.6 Å². The summed E-state index contributed by atoms with van der Waals surface area (Å²) in [5.41, 5.74) is 0. The van der Waals surface area contributed by atoms with Gasteiger partial charge in [-0.25, -0.2) is 13.1 Å². The number of aliphatic imine (C=N–C) groups is 1. The highest BCUT2D eigenvalue weighted by atomic mass is 127. The number of aliphatic hydroxyl groups excluding tert-OH is 1. The number of hydrogen-bond acceptors (Lipinski definition) is 5. The quantitative estimate of drug-likeness (QED) is 0.253. The molecule has 0 spiro atoms. The standard InChI is InChI=1S/C13H22N4O3S2.HI/c1-14-13(17-8-4-11(18)5-9-17)15-6-7-16-22(19,20)12-3-2-10-21-12;/h2-3,10-11,16,18H,4-9H2,1H3,(H,14,15);1H. The Kier molecular flexibility index (Phi) is 8.75. The van der Waals surface area contributed by atoms with Crippen molar-refractivity contribution in [2.45, 2.75) is 23.2 Å². The van der Waals surface area contributed by atoms with Crippen LogP contribution >= 0.6 is 35.3 Å². The minimum Gasteiger partial charge on any atom is -0.393 e. The van der Waals surface area contributed by atoms with Crippen LogP contribution in [0.15, 0.2) is 26.7 Å². The van der Waals surface area contributed by atoms with Gasteiger partial charge < -0.3 is 15.3 Å². The molecule has 0 aliphatic carbocycles. The largest absolute Gasteiger partial charge is 0.393 e. The topological polar surface area (TPSA) is 94.0 Å². The summed E-state index contributed by atoms with van der Waals surface area (Å²) >= 11 is 1.20. The molecular formula is C13H23IN4O3S2. The Morgan fingerprint density at radius 1 is 1.43 bits per heavy atom. The lowest BCUT2D eigenvalue weighted by Crippen LogP contribution is -2.48. The van der Waals surface area contributed by atoms with Crippen molar-refractivity contribution in [3.8, 4) is 0 Å². The second-order valence-corrected chi connectivity index (χ2v) is 7.96. The third-order valence-corrected chi connectivity index (χ3v) is 6.29. The van der Waals surface area contributed by atoms with Crippen molar-refractivity contribution in [2.24, 2.45) is 4.99 Å². The Hall–Kier alpha value is -0.430. The van der Waals surface area contributed by atoms with Gasteiger partial charge >= 0.3 is 0 Å². The van der Waals surface area contributed by atoms with E-state index in [0.717, 1.165) is 31.9 Å². The van der Waals surface area contributed by atoms with E-state index in [9.17, 15) is 13.5 Å². The summed E-state index contributed by atoms with van der Waals surface area (Å²) in [6.45, 7) is 2.25. The summed E-state index contributed by atoms with van der Waals surface area (Å²) < 4.78 is 26.8. The van der Waals surface area contributed by atoms with Crippen LogP contribution in [0.4, 0.5) is 0 Å². The van der Waals surface area contributed by atoms with Gasteiger partial charge in [-0.1, -0.05) is 6.07 Å². The van der Waals surface area contributed by atoms with Gasteiger partial charge in [0.15, 0.2) is 5.96 Å². The lowest BCUT2D eigenvalue weighted by atomic mass is 10.1. The van der Waals surface area contributed by atoms with Gasteiger partial charge in [0, 0.05) is 33.2 Å². The number of nitrogens with zero attached hydrogens (tertiary/aromatic N) is 2. The number of halogens is 1. The second kappa shape index (κ2) is 9.77. The minimum atomic E-state index is -3.41. The number of nitrogens with one attached hydrogen (secondary N) is 2. The Labute approximate surface area is 158 Å². The normalized spacial score (nSPS) is 17.0. The molecule has 1 fully saturated rings. The highest BCUT2D eigenvalue weighted by Crippen LogP contribution is 2.14. The van der Waals surface area contributed by atoms with E-state index in [4.69, 9.17) is 0 Å². The Bertz CT molecular complexity index is 584. The molecule has 3 N–H and O–H groups in total. The van der Waals surface area contributed by atoms with Gasteiger partial charge in [-0.3, -0.25) is 4.99 Å². The molecule has 0 unspecified atom stereocenters. The van der Waals surface area contributed by atoms with E-state index in [1.165, 1.54) is 11.3 Å². The second-order valence-electron chi connectivity index (χ2n) is 5.02. The smallest absolute Gasteiger partial charge is 0.250 e. The van der Waals surface area contributed by atoms with Gasteiger partial charge in [-0.15, -0.1) is 35.3 Å². The summed E-state index contributed by atoms with van der Waals surface area (Å²) in [4.78, 5) is 6.27. The number of hydrogen-bond donors (Lipinski definition) is 3. The molecule has 0 saturated carbocycles. The Morgan fingerprint density at radius 3 is 2.70 bits per heavy atom. The van der Waals surface area contributed by atoms with Crippen LogP contribution in [0.1, 0.15) is 12.8 Å². The van der Waals surface area contributed by atoms with E-state index >= 15 is 0 Å². The van der Waals surface area contributed by atoms with Crippen molar-refractivity contribution in [3.63, 3.8) is 0 Å². The maximum atomic E-state index is 11.9. The number of likely N-dealkylation sites (tertiary alicyclic amines) is 1. The van der Waals surface area contributed by atoms with E-state index < -0.39 is 10.0 Å². The fourth-order valence-corrected chi connectivity index (χ4v) is 4.33. The van der Waals surface area contributed by atoms with E-state index in [1.54, 1.807) is 24.6 Å². The fourth-order valence-electron chi connectivity index (χ4n) is 2.26. The lowest BCUT2D eigenvalue weighted by Gasteiger charge is -2.32. The minimum absolute atomic E-state index is 0. The first-order valence-corrected chi connectivity index (χ1v) is 9.56. The zero-order valence-electron chi connectivity index (χ0n) is 12.9. The van der Waals surface area contributed by atoms with Crippen LogP contribution in [0.25, 0.3) is 0 Å². The monoisotopic (exact) mass is 474 g/mol. The zero-order chi connectivity index (χ0) is 16.0. The number of aliphatic hydroxyl groups is 1. The number of rotatable bonds is 5. The Morgan fingerprint density at radius 2 is 2.13 bits per heavy atom. The van der Waals surface area contributed by atoms with Crippen molar-refractivity contribution in [3.05, 3.63) is 17.5 Å². The van der Waals surface area contributed by atoms with Crippen LogP contribution in [0.2, 0.25) is 0 Å². The molecule has 1 aliphatic rings. The molecule has 132 valence electrons. The van der Waals surface area contributed by atoms with Gasteiger partial charge in [0.05, 0.1) is 6.10 Å². The molecule has 23 heavy (non-hydrogen) atoms. The zero-order valence-corrected chi connectivity index (χ0v) is 16.9. The summed E-state index contributed by atoms with van der Waals surface area (Å²) in [5.74, 6) is 0.738. The molecule has 1 aromatic rings. The molecule has 2 rings (SSSR count). The summed E-state index contributed by atoms with van der Waals surface area (Å²) in [6, 6.07) is 3.29. The Balaban J connectivity index is 0.00000264. The van der Waals surface area contributed by atoms with Crippen molar-refractivity contribution in [2.75, 3.05) is 33.2 Å². The van der Waals surface area contributed by atoms with Crippen LogP contribution in [-0.2, 0) is 10.0 Å². The molecule has 10 heteroatoms. The average molecular weight is 474 g/mol. The first-order chi connectivity index (χ1) is 10.5. The fraction of sp³-hybridized carbons (Fsp3) is 0.615. The summed E-state index contributed by atoms with van der Waals surface area (Å²) in [6.07, 6.45) is 1.23. The lowest BCUT2D eigenvalue weighted by molar-refractivity contribution is 0.108. The maximum absolute atomic E-state index is 11.9. The van der Waals surface area contributed by atoms with Crippen molar-refractivity contribution < 1.29 is 13.5 Å². The third-order valence-electron chi connectivity index (χ3n) is 3.44. The van der Waals surface area contributed by atoms with Crippen LogP contribution in [0, 0.1) is 0 Å². The molecule has 2 heterocycles. The number of piperidine rings is 1. The van der Waals surface area contributed by atoms with Crippen molar-refractivity contribution in [1.82, 2.24) is 14.9 Å². The first-order valence-electron chi connectivity index (χ1n) is 7.20.